The number of phenolic OH excluding ortho intramolecular Hbond substituents is 1. The van der Waals surface area contributed by atoms with Crippen molar-refractivity contribution in [2.24, 2.45) is 5.92 Å². The van der Waals surface area contributed by atoms with Crippen LogP contribution in [0.2, 0.25) is 0 Å². The van der Waals surface area contributed by atoms with Gasteiger partial charge in [-0.25, -0.2) is 0 Å². The van der Waals surface area contributed by atoms with Crippen LogP contribution in [0.5, 0.6) is 40.2 Å². The number of carbonyl (C=O) groups excluding carboxylic acids is 6. The van der Waals surface area contributed by atoms with Crippen LogP contribution < -0.4 is 53.3 Å². The molecular weight excluding hydrogens is 1400 g/mol. The van der Waals surface area contributed by atoms with Gasteiger partial charge in [-0.2, -0.15) is 0 Å². The summed E-state index contributed by atoms with van der Waals surface area (Å²) in [5.74, 6) is 3.97. The predicted octanol–water partition coefficient (Wildman–Crippen LogP) is 18.6. The maximum Gasteiger partial charge on any atom is 0.308 e. The van der Waals surface area contributed by atoms with Gasteiger partial charge in [0.25, 0.3) is 23.6 Å². The van der Waals surface area contributed by atoms with Crippen molar-refractivity contribution in [3.8, 4) is 40.2 Å². The highest BCUT2D eigenvalue weighted by Crippen LogP contribution is 2.50. The third-order valence-electron chi connectivity index (χ3n) is 21.6. The van der Waals surface area contributed by atoms with Crippen LogP contribution in [0.25, 0.3) is 0 Å². The van der Waals surface area contributed by atoms with Crippen molar-refractivity contribution in [1.29, 1.82) is 0 Å². The molecule has 0 radical (unpaired) electrons. The van der Waals surface area contributed by atoms with Crippen molar-refractivity contribution in [2.75, 3.05) is 53.4 Å². The first-order chi connectivity index (χ1) is 52.8. The minimum Gasteiger partial charge on any atom is -0.508 e. The minimum atomic E-state index is -0.380. The van der Waals surface area contributed by atoms with Crippen LogP contribution in [0.4, 0.5) is 28.4 Å². The number of phenols is 1. The lowest BCUT2D eigenvalue weighted by Gasteiger charge is -2.43. The quantitative estimate of drug-likeness (QED) is 0.0356. The van der Waals surface area contributed by atoms with Crippen LogP contribution in [-0.4, -0.2) is 69.1 Å². The molecule has 5 fully saturated rings. The molecule has 9 aromatic rings. The van der Waals surface area contributed by atoms with Gasteiger partial charge in [-0.3, -0.25) is 48.4 Å². The summed E-state index contributed by atoms with van der Waals surface area (Å²) in [6, 6.07) is 47.6. The van der Waals surface area contributed by atoms with E-state index >= 15 is 0 Å². The number of amides is 5. The molecule has 1 saturated carbocycles. The monoisotopic (exact) mass is 1490 g/mol. The van der Waals surface area contributed by atoms with Crippen LogP contribution in [0.15, 0.2) is 200 Å². The van der Waals surface area contributed by atoms with Crippen molar-refractivity contribution in [2.45, 2.75) is 134 Å². The zero-order valence-electron chi connectivity index (χ0n) is 66.4. The molecule has 0 unspecified atom stereocenters. The Morgan fingerprint density at radius 2 is 0.721 bits per heavy atom. The van der Waals surface area contributed by atoms with Gasteiger partial charge in [0.15, 0.2) is 0 Å². The Kier molecular flexibility index (Phi) is 23.5. The Hall–Kier alpha value is -12.4. The van der Waals surface area contributed by atoms with Crippen LogP contribution >= 0.6 is 0 Å². The Bertz CT molecular complexity index is 5300. The standard InChI is InChI=1S/C27H27NO3.C24H26N2O3.C22H23NO4.C20H21NO3/c1-17-11-12-22(14-24(17)31-16-21-9-7-6-8-10-21)26-20(4)27(29)28(26)23-13-18(2)19(3)25(15-23)30-5;1-13-6-7-18(11-20(13)25-23(27)17-8-9-17)22-16(4)24(28)26(22)19-10-14(2)15(3)21(12-19)29-5;1-12-7-8-17(10-19(12)27-16(5)24)21-15(4)22(25)23(21)18-9-13(2)14(3)20(11-18)26-6;1-11-6-7-15(9-17(11)22)19-14(4)20(23)21(19)16-8-12(2)13(3)18(10-16)24-5/h6-15,26H,4,16H2,1-3,5H3;6-7,10-12,17,22H,4,8-9H2,1-3,5H3,(H,25,27);7-11,21H,4H2,1-3,5-6H3;6-10,19,22H,4H2,1-3,5H3/t26-;22-;21-;19-/m1111/s1. The zero-order valence-corrected chi connectivity index (χ0v) is 66.4. The van der Waals surface area contributed by atoms with Gasteiger partial charge in [-0.15, -0.1) is 0 Å². The first kappa shape index (κ1) is 79.6. The maximum atomic E-state index is 12.8. The molecule has 18 nitrogen and oxygen atoms in total. The Morgan fingerprint density at radius 3 is 1.06 bits per heavy atom. The van der Waals surface area contributed by atoms with Gasteiger partial charge in [-0.05, 0) is 239 Å². The highest BCUT2D eigenvalue weighted by atomic mass is 16.5. The highest BCUT2D eigenvalue weighted by molar-refractivity contribution is 6.17. The predicted molar refractivity (Wildman–Crippen MR) is 437 cm³/mol. The number of rotatable bonds is 18. The Balaban J connectivity index is 0.000000147. The molecule has 5 aliphatic rings. The summed E-state index contributed by atoms with van der Waals surface area (Å²) in [5, 5.41) is 13.0. The summed E-state index contributed by atoms with van der Waals surface area (Å²) >= 11 is 0. The number of ether oxygens (including phenoxy) is 6. The topological polar surface area (TPSA) is 203 Å². The lowest BCUT2D eigenvalue weighted by molar-refractivity contribution is -0.132. The van der Waals surface area contributed by atoms with E-state index in [0.29, 0.717) is 34.6 Å². The molecule has 0 aromatic heterocycles. The average molecular weight is 1490 g/mol. The molecule has 4 saturated heterocycles. The summed E-state index contributed by atoms with van der Waals surface area (Å²) in [7, 11) is 6.52. The van der Waals surface area contributed by atoms with E-state index in [9.17, 15) is 33.9 Å². The number of esters is 1. The van der Waals surface area contributed by atoms with Crippen molar-refractivity contribution < 1.29 is 62.3 Å². The minimum absolute atomic E-state index is 0.0670. The van der Waals surface area contributed by atoms with E-state index in [1.807, 2.05) is 223 Å². The molecule has 9 aromatic carbocycles. The van der Waals surface area contributed by atoms with Crippen LogP contribution in [-0.2, 0) is 35.4 Å². The van der Waals surface area contributed by atoms with Crippen LogP contribution in [0, 0.1) is 89.0 Å². The number of aryl methyl sites for hydroxylation is 8. The highest BCUT2D eigenvalue weighted by Gasteiger charge is 2.47. The van der Waals surface area contributed by atoms with E-state index in [2.05, 4.69) is 31.6 Å². The number of hydrogen-bond acceptors (Lipinski definition) is 13. The Morgan fingerprint density at radius 1 is 0.396 bits per heavy atom. The van der Waals surface area contributed by atoms with E-state index < -0.39 is 0 Å². The van der Waals surface area contributed by atoms with Crippen molar-refractivity contribution in [1.82, 2.24) is 0 Å². The number of benzene rings is 9. The summed E-state index contributed by atoms with van der Waals surface area (Å²) in [6.07, 6.45) is 1.92. The summed E-state index contributed by atoms with van der Waals surface area (Å²) in [4.78, 5) is 80.9. The summed E-state index contributed by atoms with van der Waals surface area (Å²) in [6.45, 7) is 41.5. The normalized spacial score (nSPS) is 16.8. The summed E-state index contributed by atoms with van der Waals surface area (Å²) < 4.78 is 33.3. The Labute approximate surface area is 650 Å². The number of hydrogen-bond donors (Lipinski definition) is 2. The van der Waals surface area contributed by atoms with Gasteiger partial charge in [-0.1, -0.05) is 105 Å². The second kappa shape index (κ2) is 32.8. The third-order valence-corrected chi connectivity index (χ3v) is 21.6. The van der Waals surface area contributed by atoms with E-state index in [-0.39, 0.29) is 71.3 Å². The van der Waals surface area contributed by atoms with E-state index in [1.165, 1.54) is 6.92 Å². The molecular formula is C93H97N5O13. The number of aromatic hydroxyl groups is 1. The van der Waals surface area contributed by atoms with Crippen molar-refractivity contribution in [3.63, 3.8) is 0 Å². The smallest absolute Gasteiger partial charge is 0.308 e. The van der Waals surface area contributed by atoms with Gasteiger partial charge in [0, 0.05) is 87.8 Å². The molecule has 111 heavy (non-hydrogen) atoms. The van der Waals surface area contributed by atoms with Crippen molar-refractivity contribution >= 4 is 63.9 Å². The van der Waals surface area contributed by atoms with Crippen molar-refractivity contribution in [3.05, 3.63) is 295 Å². The number of methoxy groups -OCH3 is 4. The molecule has 18 heteroatoms. The third kappa shape index (κ3) is 16.1. The fraction of sp³-hybridized carbons (Fsp3) is 0.269. The number of anilines is 5. The van der Waals surface area contributed by atoms with Gasteiger partial charge in [0.2, 0.25) is 5.91 Å². The van der Waals surface area contributed by atoms with Gasteiger partial charge in [0.05, 0.1) is 52.6 Å². The molecule has 0 bridgehead atoms. The maximum absolute atomic E-state index is 12.8. The lowest BCUT2D eigenvalue weighted by Crippen LogP contribution is -2.49. The molecule has 4 aliphatic heterocycles. The number of nitrogens with zero attached hydrogens (tertiary/aromatic N) is 4. The first-order valence-corrected chi connectivity index (χ1v) is 36.8. The molecule has 572 valence electrons. The second-order valence-electron chi connectivity index (χ2n) is 29.1. The number of β-lactam (4-membered cyclic amide) rings is 4. The molecule has 0 spiro atoms. The van der Waals surface area contributed by atoms with E-state index in [0.717, 1.165) is 165 Å². The molecule has 4 atom stereocenters. The van der Waals surface area contributed by atoms with Gasteiger partial charge < -0.3 is 38.8 Å². The molecule has 5 amide bonds. The van der Waals surface area contributed by atoms with Gasteiger partial charge >= 0.3 is 5.97 Å². The summed E-state index contributed by atoms with van der Waals surface area (Å²) in [5.41, 5.74) is 23.0. The SMILES string of the molecule is C=C1C(=O)N(c2cc(C)c(C)c(OC)c2)[C@H]1c1ccc(C)c(NC(=O)C2CC2)c1.C=C1C(=O)N(c2cc(C)c(C)c(OC)c2)[C@H]1c1ccc(C)c(O)c1.C=C1C(=O)N(c2cc(C)c(C)c(OC)c2)[C@H]1c1ccc(C)c(OC(C)=O)c1.C=C1C(=O)N(c2cc(C)c(C)c(OC)c2)[C@H]1c1ccc(C)c(OCc2ccccc2)c1. The molecule has 4 heterocycles. The number of carbonyl (C=O) groups is 6. The fourth-order valence-electron chi connectivity index (χ4n) is 14.1. The second-order valence-corrected chi connectivity index (χ2v) is 29.1. The molecule has 1 aliphatic carbocycles. The van der Waals surface area contributed by atoms with Gasteiger partial charge in [0.1, 0.15) is 46.9 Å². The lowest BCUT2D eigenvalue weighted by atomic mass is 9.87. The largest absolute Gasteiger partial charge is 0.508 e. The van der Waals surface area contributed by atoms with E-state index in [1.54, 1.807) is 60.2 Å². The van der Waals surface area contributed by atoms with E-state index in [4.69, 9.17) is 28.4 Å². The molecule has 2 N–H and O–H groups in total. The van der Waals surface area contributed by atoms with Crippen LogP contribution in [0.3, 0.4) is 0 Å². The number of nitrogens with one attached hydrogen (secondary N) is 1. The molecule has 14 rings (SSSR count). The first-order valence-electron chi connectivity index (χ1n) is 36.8. The fourth-order valence-corrected chi connectivity index (χ4v) is 14.1. The average Bonchev–Trinajstić information content (AvgIpc) is 1.00. The van der Waals surface area contributed by atoms with Crippen LogP contribution in [0.1, 0.15) is 139 Å². The zero-order chi connectivity index (χ0) is 80.5.